The number of carbonyl (C=O) groups is 2. The molecular formula is C20H27NO3. The Balaban J connectivity index is 1.54. The molecule has 0 heterocycles. The van der Waals surface area contributed by atoms with Gasteiger partial charge in [-0.25, -0.2) is 0 Å². The minimum Gasteiger partial charge on any atom is -0.462 e. The Morgan fingerprint density at radius 3 is 2.42 bits per heavy atom. The Hall–Kier alpha value is -1.84. The van der Waals surface area contributed by atoms with Gasteiger partial charge in [-0.2, -0.15) is 0 Å². The van der Waals surface area contributed by atoms with Gasteiger partial charge < -0.3 is 10.1 Å². The lowest BCUT2D eigenvalue weighted by Crippen LogP contribution is -2.57. The van der Waals surface area contributed by atoms with Crippen molar-refractivity contribution in [1.29, 1.82) is 0 Å². The van der Waals surface area contributed by atoms with E-state index in [2.05, 4.69) is 26.1 Å². The molecule has 130 valence electrons. The fourth-order valence-electron chi connectivity index (χ4n) is 4.54. The molecule has 3 aliphatic carbocycles. The highest BCUT2D eigenvalue weighted by Gasteiger charge is 2.57. The molecule has 0 spiro atoms. The highest BCUT2D eigenvalue weighted by molar-refractivity contribution is 5.88. The minimum atomic E-state index is -0.154. The zero-order valence-corrected chi connectivity index (χ0v) is 15.0. The molecule has 3 fully saturated rings. The summed E-state index contributed by atoms with van der Waals surface area (Å²) < 4.78 is 5.79. The number of hydrogen-bond donors (Lipinski definition) is 1. The van der Waals surface area contributed by atoms with Crippen molar-refractivity contribution in [2.75, 3.05) is 5.32 Å². The third-order valence-corrected chi connectivity index (χ3v) is 6.19. The van der Waals surface area contributed by atoms with Crippen LogP contribution >= 0.6 is 0 Å². The molecule has 4 nitrogen and oxygen atoms in total. The van der Waals surface area contributed by atoms with E-state index in [9.17, 15) is 9.59 Å². The fraction of sp³-hybridized carbons (Fsp3) is 0.600. The van der Waals surface area contributed by atoms with E-state index in [4.69, 9.17) is 4.74 Å². The van der Waals surface area contributed by atoms with Gasteiger partial charge in [0.1, 0.15) is 6.10 Å². The minimum absolute atomic E-state index is 0.0629. The van der Waals surface area contributed by atoms with Gasteiger partial charge in [-0.3, -0.25) is 9.59 Å². The van der Waals surface area contributed by atoms with Crippen molar-refractivity contribution in [3.05, 3.63) is 29.8 Å². The smallest absolute Gasteiger partial charge is 0.310 e. The van der Waals surface area contributed by atoms with Crippen LogP contribution in [0.1, 0.15) is 46.1 Å². The highest BCUT2D eigenvalue weighted by atomic mass is 16.5. The van der Waals surface area contributed by atoms with Gasteiger partial charge in [-0.15, -0.1) is 0 Å². The first kappa shape index (κ1) is 17.0. The maximum atomic E-state index is 12.3. The van der Waals surface area contributed by atoms with Crippen LogP contribution in [-0.2, 0) is 20.7 Å². The van der Waals surface area contributed by atoms with Gasteiger partial charge in [0.25, 0.3) is 0 Å². The number of benzene rings is 1. The predicted octanol–water partition coefficient (Wildman–Crippen LogP) is 3.80. The van der Waals surface area contributed by atoms with Gasteiger partial charge in [-0.05, 0) is 53.7 Å². The molecule has 0 aliphatic heterocycles. The molecule has 0 aromatic heterocycles. The maximum absolute atomic E-state index is 12.3. The molecule has 24 heavy (non-hydrogen) atoms. The van der Waals surface area contributed by atoms with E-state index in [0.29, 0.717) is 23.2 Å². The molecule has 3 aliphatic rings. The number of esters is 1. The second-order valence-electron chi connectivity index (χ2n) is 8.04. The Labute approximate surface area is 144 Å². The number of amides is 1. The van der Waals surface area contributed by atoms with Crippen LogP contribution < -0.4 is 5.32 Å². The number of ether oxygens (including phenoxy) is 1. The first-order chi connectivity index (χ1) is 11.3. The quantitative estimate of drug-likeness (QED) is 0.855. The fourth-order valence-corrected chi connectivity index (χ4v) is 4.54. The van der Waals surface area contributed by atoms with Gasteiger partial charge in [-0.1, -0.05) is 32.9 Å². The van der Waals surface area contributed by atoms with E-state index in [0.717, 1.165) is 17.7 Å². The molecule has 1 N–H and O–H groups in total. The van der Waals surface area contributed by atoms with Crippen molar-refractivity contribution in [3.8, 4) is 0 Å². The Morgan fingerprint density at radius 1 is 1.21 bits per heavy atom. The van der Waals surface area contributed by atoms with E-state index in [-0.39, 0.29) is 24.4 Å². The zero-order valence-electron chi connectivity index (χ0n) is 15.0. The summed E-state index contributed by atoms with van der Waals surface area (Å²) in [7, 11) is 0. The van der Waals surface area contributed by atoms with E-state index >= 15 is 0 Å². The molecule has 0 radical (unpaired) electrons. The van der Waals surface area contributed by atoms with Crippen molar-refractivity contribution in [2.45, 2.75) is 53.1 Å². The van der Waals surface area contributed by atoms with Crippen LogP contribution in [0.5, 0.6) is 0 Å². The summed E-state index contributed by atoms with van der Waals surface area (Å²) in [6.07, 6.45) is 2.63. The second kappa shape index (κ2) is 6.23. The van der Waals surface area contributed by atoms with Gasteiger partial charge in [0.15, 0.2) is 0 Å². The van der Waals surface area contributed by atoms with Crippen molar-refractivity contribution >= 4 is 17.6 Å². The Morgan fingerprint density at radius 2 is 1.88 bits per heavy atom. The number of fused-ring (bicyclic) bond motifs is 2. The summed E-state index contributed by atoms with van der Waals surface area (Å²) in [6.45, 7) is 8.39. The summed E-state index contributed by atoms with van der Waals surface area (Å²) >= 11 is 0. The molecule has 4 rings (SSSR count). The molecule has 4 atom stereocenters. The summed E-state index contributed by atoms with van der Waals surface area (Å²) in [6, 6.07) is 7.34. The maximum Gasteiger partial charge on any atom is 0.310 e. The van der Waals surface area contributed by atoms with E-state index in [1.54, 1.807) is 0 Å². The molecule has 0 saturated heterocycles. The van der Waals surface area contributed by atoms with Gasteiger partial charge in [0.05, 0.1) is 6.42 Å². The number of rotatable bonds is 4. The van der Waals surface area contributed by atoms with Crippen LogP contribution in [-0.4, -0.2) is 18.0 Å². The van der Waals surface area contributed by atoms with E-state index < -0.39 is 0 Å². The molecule has 1 aromatic rings. The molecular weight excluding hydrogens is 302 g/mol. The molecule has 4 heteroatoms. The molecule has 2 bridgehead atoms. The first-order valence-corrected chi connectivity index (χ1v) is 8.83. The lowest BCUT2D eigenvalue weighted by molar-refractivity contribution is -0.185. The van der Waals surface area contributed by atoms with Crippen LogP contribution in [0, 0.1) is 23.2 Å². The number of nitrogens with one attached hydrogen (secondary N) is 1. The predicted molar refractivity (Wildman–Crippen MR) is 93.5 cm³/mol. The van der Waals surface area contributed by atoms with Crippen LogP contribution in [0.4, 0.5) is 5.69 Å². The zero-order chi connectivity index (χ0) is 17.5. The lowest BCUT2D eigenvalue weighted by Gasteiger charge is -2.61. The van der Waals surface area contributed by atoms with Crippen molar-refractivity contribution in [1.82, 2.24) is 0 Å². The largest absolute Gasteiger partial charge is 0.462 e. The van der Waals surface area contributed by atoms with Gasteiger partial charge >= 0.3 is 5.97 Å². The van der Waals surface area contributed by atoms with E-state index in [1.807, 2.05) is 24.3 Å². The highest BCUT2D eigenvalue weighted by Crippen LogP contribution is 2.61. The van der Waals surface area contributed by atoms with E-state index in [1.165, 1.54) is 13.3 Å². The average Bonchev–Trinajstić information content (AvgIpc) is 2.50. The normalized spacial score (nSPS) is 30.2. The standard InChI is InChI=1S/C20H27NO3/c1-12-17-10-15(20(17,3)4)11-18(12)24-19(23)9-14-5-7-16(8-6-14)21-13(2)22/h5-8,12,15,17-18H,9-11H2,1-4H3,(H,21,22). The third kappa shape index (κ3) is 3.19. The van der Waals surface area contributed by atoms with Gasteiger partial charge in [0.2, 0.25) is 5.91 Å². The molecule has 1 aromatic carbocycles. The van der Waals surface area contributed by atoms with Gasteiger partial charge in [0, 0.05) is 12.6 Å². The van der Waals surface area contributed by atoms with Crippen molar-refractivity contribution < 1.29 is 14.3 Å². The first-order valence-electron chi connectivity index (χ1n) is 8.83. The van der Waals surface area contributed by atoms with Crippen LogP contribution in [0.2, 0.25) is 0 Å². The Kier molecular flexibility index (Phi) is 4.41. The number of carbonyl (C=O) groups excluding carboxylic acids is 2. The summed E-state index contributed by atoms with van der Waals surface area (Å²) in [5.41, 5.74) is 2.05. The second-order valence-corrected chi connectivity index (χ2v) is 8.04. The number of hydrogen-bond acceptors (Lipinski definition) is 3. The number of anilines is 1. The van der Waals surface area contributed by atoms with Crippen LogP contribution in [0.15, 0.2) is 24.3 Å². The van der Waals surface area contributed by atoms with Crippen molar-refractivity contribution in [3.63, 3.8) is 0 Å². The summed E-state index contributed by atoms with van der Waals surface area (Å²) in [5, 5.41) is 2.72. The summed E-state index contributed by atoms with van der Waals surface area (Å²) in [5.74, 6) is 1.55. The molecule has 4 unspecified atom stereocenters. The molecule has 3 saturated carbocycles. The topological polar surface area (TPSA) is 55.4 Å². The van der Waals surface area contributed by atoms with Crippen LogP contribution in [0.25, 0.3) is 0 Å². The van der Waals surface area contributed by atoms with Crippen LogP contribution in [0.3, 0.4) is 0 Å². The lowest BCUT2D eigenvalue weighted by atomic mass is 9.45. The average molecular weight is 329 g/mol. The van der Waals surface area contributed by atoms with Crippen molar-refractivity contribution in [2.24, 2.45) is 23.2 Å². The molecule has 1 amide bonds. The third-order valence-electron chi connectivity index (χ3n) is 6.19. The monoisotopic (exact) mass is 329 g/mol. The summed E-state index contributed by atoms with van der Waals surface area (Å²) in [4.78, 5) is 23.3. The SMILES string of the molecule is CC(=O)Nc1ccc(CC(=O)OC2CC3CC(C2C)C3(C)C)cc1. The Bertz CT molecular complexity index is 635.